The summed E-state index contributed by atoms with van der Waals surface area (Å²) in [6, 6.07) is 0.476. The highest BCUT2D eigenvalue weighted by molar-refractivity contribution is 5.77. The molecular formula is C11H22N2O. The van der Waals surface area contributed by atoms with E-state index in [0.717, 1.165) is 6.54 Å². The van der Waals surface area contributed by atoms with E-state index < -0.39 is 0 Å². The summed E-state index contributed by atoms with van der Waals surface area (Å²) in [6.45, 7) is 4.77. The first-order chi connectivity index (χ1) is 6.65. The third kappa shape index (κ3) is 2.98. The minimum Gasteiger partial charge on any atom is -0.340 e. The molecule has 1 saturated carbocycles. The van der Waals surface area contributed by atoms with Gasteiger partial charge >= 0.3 is 0 Å². The topological polar surface area (TPSA) is 46.3 Å². The zero-order chi connectivity index (χ0) is 10.6. The largest absolute Gasteiger partial charge is 0.340 e. The van der Waals surface area contributed by atoms with Crippen LogP contribution >= 0.6 is 0 Å². The Hall–Kier alpha value is -0.570. The predicted molar refractivity (Wildman–Crippen MR) is 57.9 cm³/mol. The molecule has 0 aromatic heterocycles. The van der Waals surface area contributed by atoms with Crippen LogP contribution in [0.25, 0.3) is 0 Å². The third-order valence-corrected chi connectivity index (χ3v) is 2.92. The number of nitrogens with zero attached hydrogens (tertiary/aromatic N) is 1. The molecule has 3 nitrogen and oxygen atoms in total. The monoisotopic (exact) mass is 198 g/mol. The zero-order valence-corrected chi connectivity index (χ0v) is 9.33. The number of nitrogens with two attached hydrogens (primary N) is 1. The first-order valence-corrected chi connectivity index (χ1v) is 5.70. The lowest BCUT2D eigenvalue weighted by atomic mass is 10.1. The predicted octanol–water partition coefficient (Wildman–Crippen LogP) is 1.51. The van der Waals surface area contributed by atoms with Crippen LogP contribution in [0, 0.1) is 0 Å². The molecule has 0 aromatic rings. The Morgan fingerprint density at radius 2 is 2.07 bits per heavy atom. The van der Waals surface area contributed by atoms with Crippen LogP contribution in [0.3, 0.4) is 0 Å². The lowest BCUT2D eigenvalue weighted by Gasteiger charge is -2.28. The summed E-state index contributed by atoms with van der Waals surface area (Å²) in [5, 5.41) is 0. The van der Waals surface area contributed by atoms with Crippen molar-refractivity contribution in [1.29, 1.82) is 0 Å². The fourth-order valence-corrected chi connectivity index (χ4v) is 2.25. The minimum atomic E-state index is -0.0158. The fraction of sp³-hybridized carbons (Fsp3) is 0.909. The molecule has 1 atom stereocenters. The van der Waals surface area contributed by atoms with Crippen molar-refractivity contribution in [3.05, 3.63) is 0 Å². The van der Waals surface area contributed by atoms with E-state index in [1.54, 1.807) is 0 Å². The number of carbonyl (C=O) groups is 1. The fourth-order valence-electron chi connectivity index (χ4n) is 2.25. The van der Waals surface area contributed by atoms with Crippen LogP contribution in [0.2, 0.25) is 0 Å². The van der Waals surface area contributed by atoms with E-state index in [1.807, 2.05) is 11.8 Å². The Morgan fingerprint density at radius 1 is 1.50 bits per heavy atom. The number of carbonyl (C=O) groups excluding carboxylic acids is 1. The van der Waals surface area contributed by atoms with Crippen LogP contribution in [0.15, 0.2) is 0 Å². The van der Waals surface area contributed by atoms with E-state index in [-0.39, 0.29) is 11.9 Å². The quantitative estimate of drug-likeness (QED) is 0.744. The summed E-state index contributed by atoms with van der Waals surface area (Å²) in [5.74, 6) is 0.231. The molecule has 1 amide bonds. The molecule has 0 saturated heterocycles. The van der Waals surface area contributed by atoms with Gasteiger partial charge in [-0.2, -0.15) is 0 Å². The van der Waals surface area contributed by atoms with E-state index >= 15 is 0 Å². The second-order valence-corrected chi connectivity index (χ2v) is 4.30. The summed E-state index contributed by atoms with van der Waals surface area (Å²) in [6.07, 6.45) is 5.39. The van der Waals surface area contributed by atoms with Crippen molar-refractivity contribution in [3.63, 3.8) is 0 Å². The summed E-state index contributed by atoms with van der Waals surface area (Å²) in [7, 11) is 0. The highest BCUT2D eigenvalue weighted by Gasteiger charge is 2.25. The SMILES string of the molecule is CCN(C(=O)CC(C)N)C1CCCC1. The second kappa shape index (κ2) is 5.35. The van der Waals surface area contributed by atoms with Crippen LogP contribution < -0.4 is 5.73 Å². The second-order valence-electron chi connectivity index (χ2n) is 4.30. The molecule has 1 unspecified atom stereocenters. The third-order valence-electron chi connectivity index (χ3n) is 2.92. The van der Waals surface area contributed by atoms with Crippen LogP contribution in [0.4, 0.5) is 0 Å². The molecule has 0 radical (unpaired) electrons. The normalized spacial score (nSPS) is 19.6. The maximum absolute atomic E-state index is 11.8. The molecule has 1 aliphatic rings. The molecule has 3 heteroatoms. The summed E-state index contributed by atoms with van der Waals surface area (Å²) in [4.78, 5) is 13.8. The van der Waals surface area contributed by atoms with Crippen molar-refractivity contribution >= 4 is 5.91 Å². The summed E-state index contributed by atoms with van der Waals surface area (Å²) in [5.41, 5.74) is 5.64. The Balaban J connectivity index is 2.47. The molecule has 0 aliphatic heterocycles. The van der Waals surface area contributed by atoms with Gasteiger partial charge in [-0.3, -0.25) is 4.79 Å². The van der Waals surface area contributed by atoms with Gasteiger partial charge in [0.15, 0.2) is 0 Å². The Bertz CT molecular complexity index is 186. The molecular weight excluding hydrogens is 176 g/mol. The lowest BCUT2D eigenvalue weighted by molar-refractivity contribution is -0.133. The molecule has 2 N–H and O–H groups in total. The van der Waals surface area contributed by atoms with Gasteiger partial charge in [-0.05, 0) is 26.7 Å². The van der Waals surface area contributed by atoms with Gasteiger partial charge in [-0.1, -0.05) is 12.8 Å². The van der Waals surface area contributed by atoms with E-state index in [0.29, 0.717) is 12.5 Å². The molecule has 1 rings (SSSR count). The van der Waals surface area contributed by atoms with Gasteiger partial charge in [0.25, 0.3) is 0 Å². The van der Waals surface area contributed by atoms with Crippen molar-refractivity contribution in [2.45, 2.75) is 58.0 Å². The van der Waals surface area contributed by atoms with Crippen molar-refractivity contribution in [3.8, 4) is 0 Å². The van der Waals surface area contributed by atoms with Gasteiger partial charge in [0.1, 0.15) is 0 Å². The lowest BCUT2D eigenvalue weighted by Crippen LogP contribution is -2.40. The van der Waals surface area contributed by atoms with Crippen LogP contribution in [0.1, 0.15) is 46.0 Å². The summed E-state index contributed by atoms with van der Waals surface area (Å²) >= 11 is 0. The first-order valence-electron chi connectivity index (χ1n) is 5.70. The number of hydrogen-bond donors (Lipinski definition) is 1. The average Bonchev–Trinajstić information content (AvgIpc) is 2.57. The highest BCUT2D eigenvalue weighted by atomic mass is 16.2. The van der Waals surface area contributed by atoms with Crippen molar-refractivity contribution in [2.75, 3.05) is 6.54 Å². The maximum atomic E-state index is 11.8. The molecule has 1 aliphatic carbocycles. The van der Waals surface area contributed by atoms with Crippen LogP contribution in [-0.2, 0) is 4.79 Å². The minimum absolute atomic E-state index is 0.0158. The van der Waals surface area contributed by atoms with Crippen molar-refractivity contribution in [1.82, 2.24) is 4.90 Å². The van der Waals surface area contributed by atoms with E-state index in [1.165, 1.54) is 25.7 Å². The smallest absolute Gasteiger partial charge is 0.224 e. The molecule has 1 fully saturated rings. The average molecular weight is 198 g/mol. The molecule has 82 valence electrons. The van der Waals surface area contributed by atoms with Crippen molar-refractivity contribution < 1.29 is 4.79 Å². The Kier molecular flexibility index (Phi) is 4.39. The zero-order valence-electron chi connectivity index (χ0n) is 9.33. The van der Waals surface area contributed by atoms with Gasteiger partial charge < -0.3 is 10.6 Å². The number of hydrogen-bond acceptors (Lipinski definition) is 2. The highest BCUT2D eigenvalue weighted by Crippen LogP contribution is 2.23. The van der Waals surface area contributed by atoms with Crippen LogP contribution in [0.5, 0.6) is 0 Å². The molecule has 0 aromatic carbocycles. The molecule has 0 spiro atoms. The first kappa shape index (κ1) is 11.5. The van der Waals surface area contributed by atoms with Crippen LogP contribution in [-0.4, -0.2) is 29.4 Å². The molecule has 0 heterocycles. The molecule has 14 heavy (non-hydrogen) atoms. The summed E-state index contributed by atoms with van der Waals surface area (Å²) < 4.78 is 0. The van der Waals surface area contributed by atoms with Gasteiger partial charge in [-0.25, -0.2) is 0 Å². The van der Waals surface area contributed by atoms with E-state index in [4.69, 9.17) is 5.73 Å². The van der Waals surface area contributed by atoms with E-state index in [9.17, 15) is 4.79 Å². The van der Waals surface area contributed by atoms with Crippen molar-refractivity contribution in [2.24, 2.45) is 5.73 Å². The van der Waals surface area contributed by atoms with E-state index in [2.05, 4.69) is 6.92 Å². The number of rotatable bonds is 4. The standard InChI is InChI=1S/C11H22N2O/c1-3-13(10-6-4-5-7-10)11(14)8-9(2)12/h9-10H,3-8,12H2,1-2H3. The van der Waals surface area contributed by atoms with Gasteiger partial charge in [-0.15, -0.1) is 0 Å². The molecule has 0 bridgehead atoms. The van der Waals surface area contributed by atoms with Gasteiger partial charge in [0.05, 0.1) is 0 Å². The number of amides is 1. The maximum Gasteiger partial charge on any atom is 0.224 e. The van der Waals surface area contributed by atoms with Gasteiger partial charge in [0, 0.05) is 25.0 Å². The Morgan fingerprint density at radius 3 is 2.50 bits per heavy atom. The van der Waals surface area contributed by atoms with Gasteiger partial charge in [0.2, 0.25) is 5.91 Å². The Labute approximate surface area is 86.6 Å².